The number of nitrogens with one attached hydrogen (secondary N) is 2. The molecule has 2 heterocycles. The number of aryl methyl sites for hydroxylation is 1. The first-order chi connectivity index (χ1) is 16.3. The van der Waals surface area contributed by atoms with Crippen LogP contribution in [0, 0.1) is 25.2 Å². The zero-order chi connectivity index (χ0) is 24.4. The van der Waals surface area contributed by atoms with Crippen LogP contribution in [0.3, 0.4) is 0 Å². The van der Waals surface area contributed by atoms with Crippen molar-refractivity contribution >= 4 is 34.6 Å². The van der Waals surface area contributed by atoms with Crippen molar-refractivity contribution in [3.8, 4) is 11.8 Å². The molecule has 0 saturated heterocycles. The molecule has 1 amide bonds. The average Bonchev–Trinajstić information content (AvgIpc) is 2.81. The van der Waals surface area contributed by atoms with Crippen LogP contribution in [0.4, 0.5) is 0 Å². The van der Waals surface area contributed by atoms with Gasteiger partial charge in [0.2, 0.25) is 0 Å². The summed E-state index contributed by atoms with van der Waals surface area (Å²) in [7, 11) is 0. The summed E-state index contributed by atoms with van der Waals surface area (Å²) in [5.74, 6) is -0.749. The molecule has 4 aromatic rings. The molecule has 0 radical (unpaired) electrons. The second-order valence-electron chi connectivity index (χ2n) is 7.50. The van der Waals surface area contributed by atoms with E-state index in [0.29, 0.717) is 16.2 Å². The van der Waals surface area contributed by atoms with Crippen LogP contribution in [0.5, 0.6) is 0 Å². The predicted octanol–water partition coefficient (Wildman–Crippen LogP) is 2.98. The number of rotatable bonds is 4. The van der Waals surface area contributed by atoms with Crippen molar-refractivity contribution in [1.29, 1.82) is 5.26 Å². The van der Waals surface area contributed by atoms with Crippen LogP contribution < -0.4 is 16.5 Å². The van der Waals surface area contributed by atoms with E-state index in [1.54, 1.807) is 30.3 Å². The molecule has 0 bridgehead atoms. The van der Waals surface area contributed by atoms with Gasteiger partial charge in [0.25, 0.3) is 17.0 Å². The maximum absolute atomic E-state index is 12.8. The molecule has 10 heteroatoms. The molecule has 0 aliphatic heterocycles. The Kier molecular flexibility index (Phi) is 6.08. The number of pyridine rings is 1. The van der Waals surface area contributed by atoms with Gasteiger partial charge in [-0.2, -0.15) is 20.1 Å². The highest BCUT2D eigenvalue weighted by Gasteiger charge is 2.20. The van der Waals surface area contributed by atoms with E-state index < -0.39 is 11.5 Å². The summed E-state index contributed by atoms with van der Waals surface area (Å²) < 4.78 is 0.955. The molecule has 0 saturated carbocycles. The zero-order valence-electron chi connectivity index (χ0n) is 18.1. The van der Waals surface area contributed by atoms with Gasteiger partial charge in [0, 0.05) is 16.1 Å². The van der Waals surface area contributed by atoms with E-state index >= 15 is 0 Å². The smallest absolute Gasteiger partial charge is 0.292 e. The first-order valence-electron chi connectivity index (χ1n) is 10.1. The third-order valence-electron chi connectivity index (χ3n) is 5.13. The lowest BCUT2D eigenvalue weighted by atomic mass is 10.1. The van der Waals surface area contributed by atoms with Gasteiger partial charge in [-0.3, -0.25) is 14.4 Å². The summed E-state index contributed by atoms with van der Waals surface area (Å²) in [4.78, 5) is 40.6. The van der Waals surface area contributed by atoms with E-state index in [0.717, 1.165) is 15.6 Å². The minimum absolute atomic E-state index is 0.115. The number of hydrazone groups is 1. The van der Waals surface area contributed by atoms with Gasteiger partial charge >= 0.3 is 0 Å². The van der Waals surface area contributed by atoms with E-state index in [1.165, 1.54) is 13.1 Å². The minimum atomic E-state index is -0.749. The number of aromatic nitrogens is 3. The molecule has 2 aromatic carbocycles. The monoisotopic (exact) mass is 472 g/mol. The average molecular weight is 473 g/mol. The fraction of sp³-hybridized carbons (Fsp3) is 0.0833. The number of carbonyl (C=O) groups is 1. The summed E-state index contributed by atoms with van der Waals surface area (Å²) in [6, 6.07) is 15.3. The Bertz CT molecular complexity index is 1630. The summed E-state index contributed by atoms with van der Waals surface area (Å²) in [5.41, 5.74) is 3.29. The molecule has 2 aromatic heterocycles. The van der Waals surface area contributed by atoms with Crippen LogP contribution in [-0.4, -0.2) is 26.9 Å². The molecular weight excluding hydrogens is 456 g/mol. The van der Waals surface area contributed by atoms with E-state index in [-0.39, 0.29) is 27.9 Å². The molecule has 0 aliphatic rings. The standard InChI is InChI=1S/C24H17ClN6O3/c1-13-3-8-20-15(9-13)10-16(22(32)28-20)12-27-29-23(33)21-14(2)19(11-26)24(34)31(30-21)18-6-4-17(25)5-7-18/h3-10,12H,1-2H3,(H,28,32)(H,29,33)/b27-12+. The lowest BCUT2D eigenvalue weighted by Gasteiger charge is -2.10. The van der Waals surface area contributed by atoms with E-state index in [1.807, 2.05) is 31.2 Å². The van der Waals surface area contributed by atoms with Crippen molar-refractivity contribution in [3.63, 3.8) is 0 Å². The predicted molar refractivity (Wildman–Crippen MR) is 129 cm³/mol. The van der Waals surface area contributed by atoms with Crippen molar-refractivity contribution in [3.05, 3.63) is 102 Å². The van der Waals surface area contributed by atoms with Gasteiger partial charge in [-0.25, -0.2) is 5.43 Å². The molecular formula is C24H17ClN6O3. The largest absolute Gasteiger partial charge is 0.321 e. The summed E-state index contributed by atoms with van der Waals surface area (Å²) in [5, 5.41) is 18.7. The Balaban J connectivity index is 1.67. The maximum atomic E-state index is 12.8. The number of nitrogens with zero attached hydrogens (tertiary/aromatic N) is 4. The second kappa shape index (κ2) is 9.13. The number of H-pyrrole nitrogens is 1. The van der Waals surface area contributed by atoms with Gasteiger partial charge in [-0.1, -0.05) is 23.2 Å². The Morgan fingerprint density at radius 1 is 1.18 bits per heavy atom. The number of hydrogen-bond donors (Lipinski definition) is 2. The minimum Gasteiger partial charge on any atom is -0.321 e. The van der Waals surface area contributed by atoms with Crippen LogP contribution in [0.2, 0.25) is 5.02 Å². The molecule has 0 atom stereocenters. The van der Waals surface area contributed by atoms with Crippen molar-refractivity contribution < 1.29 is 4.79 Å². The highest BCUT2D eigenvalue weighted by Crippen LogP contribution is 2.14. The lowest BCUT2D eigenvalue weighted by Crippen LogP contribution is -2.31. The number of fused-ring (bicyclic) bond motifs is 1. The summed E-state index contributed by atoms with van der Waals surface area (Å²) >= 11 is 5.90. The SMILES string of the molecule is Cc1ccc2[nH]c(=O)c(/C=N/NC(=O)c3nn(-c4ccc(Cl)cc4)c(=O)c(C#N)c3C)cc2c1. The number of aromatic amines is 1. The summed E-state index contributed by atoms with van der Waals surface area (Å²) in [6.07, 6.45) is 1.22. The Morgan fingerprint density at radius 2 is 1.91 bits per heavy atom. The molecule has 4 rings (SSSR count). The van der Waals surface area contributed by atoms with E-state index in [9.17, 15) is 19.6 Å². The van der Waals surface area contributed by atoms with Crippen molar-refractivity contribution in [2.75, 3.05) is 0 Å². The zero-order valence-corrected chi connectivity index (χ0v) is 18.8. The number of benzene rings is 2. The fourth-order valence-corrected chi connectivity index (χ4v) is 3.49. The first-order valence-corrected chi connectivity index (χ1v) is 10.4. The fourth-order valence-electron chi connectivity index (χ4n) is 3.36. The van der Waals surface area contributed by atoms with Crippen LogP contribution in [0.25, 0.3) is 16.6 Å². The Hall–Kier alpha value is -4.55. The molecule has 9 nitrogen and oxygen atoms in total. The van der Waals surface area contributed by atoms with Gasteiger partial charge in [-0.05, 0) is 61.7 Å². The maximum Gasteiger partial charge on any atom is 0.292 e. The van der Waals surface area contributed by atoms with E-state index in [2.05, 4.69) is 20.6 Å². The normalized spacial score (nSPS) is 11.0. The Labute approximate surface area is 197 Å². The number of nitriles is 1. The number of halogens is 1. The highest BCUT2D eigenvalue weighted by atomic mass is 35.5. The molecule has 34 heavy (non-hydrogen) atoms. The number of amides is 1. The molecule has 168 valence electrons. The number of hydrogen-bond acceptors (Lipinski definition) is 6. The van der Waals surface area contributed by atoms with Crippen LogP contribution in [-0.2, 0) is 0 Å². The molecule has 2 N–H and O–H groups in total. The molecule has 0 fully saturated rings. The molecule has 0 aliphatic carbocycles. The summed E-state index contributed by atoms with van der Waals surface area (Å²) in [6.45, 7) is 3.39. The topological polar surface area (TPSA) is 133 Å². The van der Waals surface area contributed by atoms with Crippen molar-refractivity contribution in [2.45, 2.75) is 13.8 Å². The van der Waals surface area contributed by atoms with Gasteiger partial charge in [-0.15, -0.1) is 0 Å². The van der Waals surface area contributed by atoms with Crippen LogP contribution in [0.1, 0.15) is 32.7 Å². The van der Waals surface area contributed by atoms with Crippen LogP contribution in [0.15, 0.2) is 63.2 Å². The third kappa shape index (κ3) is 4.35. The first kappa shape index (κ1) is 22.6. The second-order valence-corrected chi connectivity index (χ2v) is 7.93. The van der Waals surface area contributed by atoms with Crippen molar-refractivity contribution in [1.82, 2.24) is 20.2 Å². The Morgan fingerprint density at radius 3 is 2.62 bits per heavy atom. The highest BCUT2D eigenvalue weighted by molar-refractivity contribution is 6.30. The lowest BCUT2D eigenvalue weighted by molar-refractivity contribution is 0.0947. The number of carbonyl (C=O) groups excluding carboxylic acids is 1. The van der Waals surface area contributed by atoms with Gasteiger partial charge < -0.3 is 4.98 Å². The molecule has 0 unspecified atom stereocenters. The quantitative estimate of drug-likeness (QED) is 0.348. The van der Waals surface area contributed by atoms with Crippen LogP contribution >= 0.6 is 11.6 Å². The van der Waals surface area contributed by atoms with Gasteiger partial charge in [0.1, 0.15) is 11.6 Å². The van der Waals surface area contributed by atoms with Gasteiger partial charge in [0.05, 0.1) is 17.5 Å². The van der Waals surface area contributed by atoms with Crippen molar-refractivity contribution in [2.24, 2.45) is 5.10 Å². The van der Waals surface area contributed by atoms with Gasteiger partial charge in [0.15, 0.2) is 5.69 Å². The molecule has 0 spiro atoms. The third-order valence-corrected chi connectivity index (χ3v) is 5.38. The van der Waals surface area contributed by atoms with E-state index in [4.69, 9.17) is 11.6 Å².